The van der Waals surface area contributed by atoms with Crippen molar-refractivity contribution >= 4 is 27.8 Å². The molecule has 0 saturated heterocycles. The van der Waals surface area contributed by atoms with Crippen LogP contribution in [0.25, 0.3) is 16.3 Å². The molecule has 0 aromatic heterocycles. The minimum Gasteiger partial charge on any atom is -0.493 e. The van der Waals surface area contributed by atoms with E-state index in [-0.39, 0.29) is 11.8 Å². The van der Waals surface area contributed by atoms with Gasteiger partial charge in [-0.2, -0.15) is 0 Å². The van der Waals surface area contributed by atoms with Crippen LogP contribution in [0.4, 0.5) is 5.69 Å². The molecule has 0 radical (unpaired) electrons. The highest BCUT2D eigenvalue weighted by molar-refractivity contribution is 6.27. The molecule has 0 amide bonds. The van der Waals surface area contributed by atoms with E-state index in [4.69, 9.17) is 9.47 Å². The summed E-state index contributed by atoms with van der Waals surface area (Å²) in [6.45, 7) is 0. The summed E-state index contributed by atoms with van der Waals surface area (Å²) in [5.41, 5.74) is 5.22. The monoisotopic (exact) mass is 385 g/mol. The molecule has 0 spiro atoms. The predicted octanol–water partition coefficient (Wildman–Crippen LogP) is 5.53. The quantitative estimate of drug-likeness (QED) is 0.644. The van der Waals surface area contributed by atoms with Crippen LogP contribution in [-0.2, 0) is 4.79 Å². The number of Topliss-reactive ketones (excluding diaryl/α,β-unsaturated/α-hetero) is 1. The van der Waals surface area contributed by atoms with E-state index in [9.17, 15) is 4.79 Å². The van der Waals surface area contributed by atoms with Crippen molar-refractivity contribution in [1.29, 1.82) is 0 Å². The van der Waals surface area contributed by atoms with Crippen LogP contribution in [0.1, 0.15) is 36.4 Å². The molecular weight excluding hydrogens is 362 g/mol. The number of methoxy groups -OCH3 is 2. The lowest BCUT2D eigenvalue weighted by Crippen LogP contribution is -2.25. The van der Waals surface area contributed by atoms with Gasteiger partial charge in [0.05, 0.1) is 20.3 Å². The van der Waals surface area contributed by atoms with E-state index in [1.807, 2.05) is 24.3 Å². The average molecular weight is 385 g/mol. The average Bonchev–Trinajstić information content (AvgIpc) is 2.77. The summed E-state index contributed by atoms with van der Waals surface area (Å²) < 4.78 is 10.9. The van der Waals surface area contributed by atoms with Gasteiger partial charge in [-0.1, -0.05) is 36.4 Å². The molecule has 1 aliphatic carbocycles. The van der Waals surface area contributed by atoms with Crippen LogP contribution in [-0.4, -0.2) is 20.0 Å². The Morgan fingerprint density at radius 3 is 2.59 bits per heavy atom. The van der Waals surface area contributed by atoms with Gasteiger partial charge in [-0.25, -0.2) is 0 Å². The fraction of sp³-hybridized carbons (Fsp3) is 0.240. The zero-order valence-corrected chi connectivity index (χ0v) is 16.6. The zero-order chi connectivity index (χ0) is 20.0. The molecule has 3 aromatic carbocycles. The van der Waals surface area contributed by atoms with E-state index in [1.165, 1.54) is 5.57 Å². The van der Waals surface area contributed by atoms with Crippen LogP contribution >= 0.6 is 0 Å². The van der Waals surface area contributed by atoms with Gasteiger partial charge in [0.15, 0.2) is 17.3 Å². The fourth-order valence-electron chi connectivity index (χ4n) is 4.68. The molecule has 0 saturated carbocycles. The van der Waals surface area contributed by atoms with Gasteiger partial charge < -0.3 is 14.8 Å². The maximum absolute atomic E-state index is 13.1. The van der Waals surface area contributed by atoms with Crippen molar-refractivity contribution in [3.8, 4) is 11.5 Å². The number of benzene rings is 3. The number of nitrogens with one attached hydrogen (secondary N) is 1. The van der Waals surface area contributed by atoms with Crippen LogP contribution < -0.4 is 14.8 Å². The number of hydrogen-bond acceptors (Lipinski definition) is 4. The lowest BCUT2D eigenvalue weighted by atomic mass is 9.77. The Bertz CT molecular complexity index is 1160. The highest BCUT2D eigenvalue weighted by Crippen LogP contribution is 2.48. The normalized spacial score (nSPS) is 18.1. The third kappa shape index (κ3) is 2.79. The summed E-state index contributed by atoms with van der Waals surface area (Å²) in [6.07, 6.45) is 2.42. The summed E-state index contributed by atoms with van der Waals surface area (Å²) in [7, 11) is 3.28. The molecule has 1 heterocycles. The first-order valence-corrected chi connectivity index (χ1v) is 9.98. The summed E-state index contributed by atoms with van der Waals surface area (Å²) in [5, 5.41) is 5.99. The number of anilines is 1. The van der Waals surface area contributed by atoms with Crippen molar-refractivity contribution in [2.75, 3.05) is 19.5 Å². The minimum atomic E-state index is -0.0530. The molecule has 0 bridgehead atoms. The Morgan fingerprint density at radius 1 is 0.931 bits per heavy atom. The summed E-state index contributed by atoms with van der Waals surface area (Å²) in [4.78, 5) is 13.1. The lowest BCUT2D eigenvalue weighted by Gasteiger charge is -2.35. The van der Waals surface area contributed by atoms with Gasteiger partial charge in [0.2, 0.25) is 0 Å². The Balaban J connectivity index is 1.73. The third-order valence-corrected chi connectivity index (χ3v) is 6.02. The molecule has 3 aromatic rings. The van der Waals surface area contributed by atoms with E-state index >= 15 is 0 Å². The van der Waals surface area contributed by atoms with Crippen molar-refractivity contribution < 1.29 is 14.3 Å². The maximum atomic E-state index is 13.1. The highest BCUT2D eigenvalue weighted by Gasteiger charge is 2.34. The van der Waals surface area contributed by atoms with Crippen LogP contribution in [0.2, 0.25) is 0 Å². The minimum absolute atomic E-state index is 0.0530. The molecule has 1 N–H and O–H groups in total. The summed E-state index contributed by atoms with van der Waals surface area (Å²) in [6, 6.07) is 18.4. The number of hydrogen-bond donors (Lipinski definition) is 1. The van der Waals surface area contributed by atoms with Gasteiger partial charge in [-0.15, -0.1) is 0 Å². The number of ether oxygens (including phenoxy) is 2. The molecule has 2 aliphatic rings. The molecule has 1 aliphatic heterocycles. The first-order chi connectivity index (χ1) is 14.2. The largest absolute Gasteiger partial charge is 0.493 e. The van der Waals surface area contributed by atoms with E-state index < -0.39 is 0 Å². The molecule has 1 unspecified atom stereocenters. The zero-order valence-electron chi connectivity index (χ0n) is 16.6. The van der Waals surface area contributed by atoms with Gasteiger partial charge in [0.1, 0.15) is 0 Å². The standard InChI is InChI=1S/C25H23NO3/c1-28-21-13-11-16(14-22(21)29-2)25-18-8-5-9-20(27)24(18)23-17-7-4-3-6-15(17)10-12-19(23)26-25/h3-4,6-7,10-14,25-26H,5,8-9H2,1-2H3. The van der Waals surface area contributed by atoms with Crippen molar-refractivity contribution in [3.05, 3.63) is 71.3 Å². The number of carbonyl (C=O) groups is 1. The molecule has 29 heavy (non-hydrogen) atoms. The number of rotatable bonds is 3. The smallest absolute Gasteiger partial charge is 0.163 e. The maximum Gasteiger partial charge on any atom is 0.163 e. The summed E-state index contributed by atoms with van der Waals surface area (Å²) in [5.74, 6) is 1.64. The first-order valence-electron chi connectivity index (χ1n) is 9.98. The SMILES string of the molecule is COc1ccc(C2Nc3ccc4ccccc4c3C3=C2CCCC3=O)cc1OC. The highest BCUT2D eigenvalue weighted by atomic mass is 16.5. The number of carbonyl (C=O) groups excluding carboxylic acids is 1. The van der Waals surface area contributed by atoms with Gasteiger partial charge in [-0.05, 0) is 52.9 Å². The molecule has 5 rings (SSSR count). The van der Waals surface area contributed by atoms with Crippen molar-refractivity contribution in [1.82, 2.24) is 0 Å². The van der Waals surface area contributed by atoms with Gasteiger partial charge in [-0.3, -0.25) is 4.79 Å². The van der Waals surface area contributed by atoms with E-state index in [1.54, 1.807) is 14.2 Å². The molecule has 0 fully saturated rings. The lowest BCUT2D eigenvalue weighted by molar-refractivity contribution is -0.114. The van der Waals surface area contributed by atoms with Crippen LogP contribution in [0.5, 0.6) is 11.5 Å². The Kier molecular flexibility index (Phi) is 4.27. The molecule has 146 valence electrons. The third-order valence-electron chi connectivity index (χ3n) is 6.02. The molecule has 1 atom stereocenters. The van der Waals surface area contributed by atoms with E-state index in [0.717, 1.165) is 46.0 Å². The van der Waals surface area contributed by atoms with Crippen LogP contribution in [0.3, 0.4) is 0 Å². The van der Waals surface area contributed by atoms with E-state index in [2.05, 4.69) is 35.6 Å². The van der Waals surface area contributed by atoms with Gasteiger partial charge in [0.25, 0.3) is 0 Å². The molecular formula is C25H23NO3. The van der Waals surface area contributed by atoms with Crippen molar-refractivity contribution in [3.63, 3.8) is 0 Å². The van der Waals surface area contributed by atoms with E-state index in [0.29, 0.717) is 17.9 Å². The number of allylic oxidation sites excluding steroid dienone is 1. The Morgan fingerprint density at radius 2 is 1.76 bits per heavy atom. The first kappa shape index (κ1) is 17.8. The molecule has 4 nitrogen and oxygen atoms in total. The second-order valence-corrected chi connectivity index (χ2v) is 7.58. The van der Waals surface area contributed by atoms with Crippen LogP contribution in [0, 0.1) is 0 Å². The predicted molar refractivity (Wildman–Crippen MR) is 116 cm³/mol. The van der Waals surface area contributed by atoms with Crippen molar-refractivity contribution in [2.24, 2.45) is 0 Å². The second kappa shape index (κ2) is 6.96. The topological polar surface area (TPSA) is 47.6 Å². The Labute approximate surface area is 170 Å². The van der Waals surface area contributed by atoms with Crippen molar-refractivity contribution in [2.45, 2.75) is 25.3 Å². The fourth-order valence-corrected chi connectivity index (χ4v) is 4.68. The summed E-state index contributed by atoms with van der Waals surface area (Å²) >= 11 is 0. The van der Waals surface area contributed by atoms with Gasteiger partial charge in [0, 0.05) is 23.2 Å². The molecule has 4 heteroatoms. The van der Waals surface area contributed by atoms with Gasteiger partial charge >= 0.3 is 0 Å². The second-order valence-electron chi connectivity index (χ2n) is 7.58. The number of ketones is 1. The Hall–Kier alpha value is -3.27. The van der Waals surface area contributed by atoms with Crippen LogP contribution in [0.15, 0.2) is 60.2 Å². The number of fused-ring (bicyclic) bond motifs is 4.